The molecule has 0 aliphatic carbocycles. The van der Waals surface area contributed by atoms with Crippen LogP contribution in [-0.4, -0.2) is 36.2 Å². The number of unbranched alkanes of at least 4 members (excludes halogenated alkanes) is 15. The van der Waals surface area contributed by atoms with E-state index in [1.807, 2.05) is 0 Å². The van der Waals surface area contributed by atoms with Gasteiger partial charge in [0.05, 0.1) is 19.6 Å². The van der Waals surface area contributed by atoms with Crippen molar-refractivity contribution in [3.05, 3.63) is 0 Å². The lowest BCUT2D eigenvalue weighted by molar-refractivity contribution is -0.149. The first-order valence-corrected chi connectivity index (χ1v) is 14.1. The fourth-order valence-corrected chi connectivity index (χ4v) is 4.81. The highest BCUT2D eigenvalue weighted by atomic mass is 32.2. The van der Waals surface area contributed by atoms with Crippen LogP contribution in [0.25, 0.3) is 0 Å². The summed E-state index contributed by atoms with van der Waals surface area (Å²) < 4.78 is 10.1. The first-order valence-electron chi connectivity index (χ1n) is 13.1. The summed E-state index contributed by atoms with van der Waals surface area (Å²) >= 11 is 1.53. The molecule has 184 valence electrons. The number of esters is 2. The molecule has 1 unspecified atom stereocenters. The number of hydrogen-bond donors (Lipinski definition) is 0. The van der Waals surface area contributed by atoms with Gasteiger partial charge in [-0.05, 0) is 26.0 Å². The van der Waals surface area contributed by atoms with Gasteiger partial charge in [0.25, 0.3) is 0 Å². The van der Waals surface area contributed by atoms with Crippen molar-refractivity contribution in [1.29, 1.82) is 0 Å². The van der Waals surface area contributed by atoms with E-state index in [1.54, 1.807) is 13.8 Å². The zero-order chi connectivity index (χ0) is 23.0. The molecule has 5 heteroatoms. The normalized spacial score (nSPS) is 12.0. The Morgan fingerprint density at radius 1 is 0.613 bits per heavy atom. The van der Waals surface area contributed by atoms with Crippen molar-refractivity contribution >= 4 is 23.7 Å². The Balaban J connectivity index is 3.53. The molecule has 0 saturated heterocycles. The van der Waals surface area contributed by atoms with Gasteiger partial charge < -0.3 is 9.47 Å². The Kier molecular flexibility index (Phi) is 23.4. The molecule has 0 radical (unpaired) electrons. The highest BCUT2D eigenvalue weighted by Crippen LogP contribution is 2.20. The van der Waals surface area contributed by atoms with E-state index in [4.69, 9.17) is 9.47 Å². The van der Waals surface area contributed by atoms with Gasteiger partial charge in [0.2, 0.25) is 0 Å². The lowest BCUT2D eigenvalue weighted by atomic mass is 10.0. The lowest BCUT2D eigenvalue weighted by Crippen LogP contribution is -2.25. The van der Waals surface area contributed by atoms with E-state index >= 15 is 0 Å². The Hall–Kier alpha value is -0.710. The van der Waals surface area contributed by atoms with Crippen LogP contribution in [-0.2, 0) is 19.1 Å². The molecule has 0 aromatic carbocycles. The Morgan fingerprint density at radius 3 is 1.45 bits per heavy atom. The monoisotopic (exact) mass is 458 g/mol. The number of thioether (sulfide) groups is 1. The molecular weight excluding hydrogens is 408 g/mol. The molecule has 0 heterocycles. The molecule has 1 atom stereocenters. The number of carbonyl (C=O) groups is 2. The second kappa shape index (κ2) is 23.9. The van der Waals surface area contributed by atoms with Crippen molar-refractivity contribution in [3.63, 3.8) is 0 Å². The molecule has 0 rings (SSSR count). The van der Waals surface area contributed by atoms with Crippen molar-refractivity contribution in [2.24, 2.45) is 0 Å². The van der Waals surface area contributed by atoms with Crippen LogP contribution in [0.1, 0.15) is 130 Å². The predicted octanol–water partition coefficient (Wildman–Crippen LogP) is 7.87. The van der Waals surface area contributed by atoms with Crippen LogP contribution in [0.3, 0.4) is 0 Å². The maximum Gasteiger partial charge on any atom is 0.319 e. The molecule has 0 aliphatic heterocycles. The Morgan fingerprint density at radius 2 is 1.03 bits per heavy atom. The summed E-state index contributed by atoms with van der Waals surface area (Å²) in [5.74, 6) is 0.276. The number of ether oxygens (including phenoxy) is 2. The molecule has 0 amide bonds. The second-order valence-corrected chi connectivity index (χ2v) is 9.73. The third-order valence-electron chi connectivity index (χ3n) is 5.52. The molecular formula is C26H50O4S. The van der Waals surface area contributed by atoms with Crippen LogP contribution in [0.5, 0.6) is 0 Å². The van der Waals surface area contributed by atoms with Gasteiger partial charge in [0.1, 0.15) is 5.25 Å². The quantitative estimate of drug-likeness (QED) is 0.115. The molecule has 0 N–H and O–H groups in total. The highest BCUT2D eigenvalue weighted by molar-refractivity contribution is 8.00. The highest BCUT2D eigenvalue weighted by Gasteiger charge is 2.24. The van der Waals surface area contributed by atoms with Gasteiger partial charge in [0, 0.05) is 0 Å². The third kappa shape index (κ3) is 20.9. The topological polar surface area (TPSA) is 52.6 Å². The smallest absolute Gasteiger partial charge is 0.319 e. The maximum absolute atomic E-state index is 12.0. The number of hydrogen-bond acceptors (Lipinski definition) is 5. The van der Waals surface area contributed by atoms with E-state index in [0.29, 0.717) is 13.2 Å². The van der Waals surface area contributed by atoms with Gasteiger partial charge in [-0.25, -0.2) is 0 Å². The standard InChI is InChI=1S/C26H50O4S/c1-4-7-8-9-10-11-12-13-14-15-16-17-18-19-20-21-22-31-24(26(28)30-6-3)23-25(27)29-5-2/h24H,4-23H2,1-3H3. The van der Waals surface area contributed by atoms with Crippen molar-refractivity contribution < 1.29 is 19.1 Å². The van der Waals surface area contributed by atoms with E-state index in [9.17, 15) is 9.59 Å². The summed E-state index contributed by atoms with van der Waals surface area (Å²) in [5, 5.41) is -0.435. The van der Waals surface area contributed by atoms with Gasteiger partial charge in [-0.2, -0.15) is 0 Å². The zero-order valence-corrected chi connectivity index (χ0v) is 21.6. The van der Waals surface area contributed by atoms with Crippen molar-refractivity contribution in [2.75, 3.05) is 19.0 Å². The fourth-order valence-electron chi connectivity index (χ4n) is 3.69. The number of rotatable bonds is 23. The van der Waals surface area contributed by atoms with Crippen LogP contribution >= 0.6 is 11.8 Å². The van der Waals surface area contributed by atoms with E-state index < -0.39 is 5.25 Å². The van der Waals surface area contributed by atoms with Crippen molar-refractivity contribution in [1.82, 2.24) is 0 Å². The van der Waals surface area contributed by atoms with E-state index in [2.05, 4.69) is 6.92 Å². The van der Waals surface area contributed by atoms with Crippen molar-refractivity contribution in [2.45, 2.75) is 135 Å². The molecule has 0 fully saturated rings. The average Bonchev–Trinajstić information content (AvgIpc) is 2.75. The fraction of sp³-hybridized carbons (Fsp3) is 0.923. The molecule has 0 saturated carbocycles. The molecule has 0 aromatic heterocycles. The zero-order valence-electron chi connectivity index (χ0n) is 20.8. The second-order valence-electron chi connectivity index (χ2n) is 8.42. The van der Waals surface area contributed by atoms with E-state index in [-0.39, 0.29) is 18.4 Å². The summed E-state index contributed by atoms with van der Waals surface area (Å²) in [6.45, 7) is 6.54. The molecule has 31 heavy (non-hydrogen) atoms. The summed E-state index contributed by atoms with van der Waals surface area (Å²) in [5.41, 5.74) is 0. The van der Waals surface area contributed by atoms with Crippen LogP contribution in [0.15, 0.2) is 0 Å². The Labute approximate surface area is 197 Å². The van der Waals surface area contributed by atoms with Crippen LogP contribution in [0.2, 0.25) is 0 Å². The van der Waals surface area contributed by atoms with Crippen LogP contribution < -0.4 is 0 Å². The average molecular weight is 459 g/mol. The minimum Gasteiger partial charge on any atom is -0.466 e. The summed E-state index contributed by atoms with van der Waals surface area (Å²) in [7, 11) is 0. The van der Waals surface area contributed by atoms with Crippen LogP contribution in [0, 0.1) is 0 Å². The minimum absolute atomic E-state index is 0.107. The van der Waals surface area contributed by atoms with Gasteiger partial charge in [-0.1, -0.05) is 103 Å². The predicted molar refractivity (Wildman–Crippen MR) is 134 cm³/mol. The van der Waals surface area contributed by atoms with E-state index in [1.165, 1.54) is 108 Å². The van der Waals surface area contributed by atoms with E-state index in [0.717, 1.165) is 12.2 Å². The molecule has 0 bridgehead atoms. The minimum atomic E-state index is -0.435. The summed E-state index contributed by atoms with van der Waals surface area (Å²) in [6.07, 6.45) is 21.8. The largest absolute Gasteiger partial charge is 0.466 e. The summed E-state index contributed by atoms with van der Waals surface area (Å²) in [6, 6.07) is 0. The van der Waals surface area contributed by atoms with Gasteiger partial charge in [0.15, 0.2) is 0 Å². The Bertz CT molecular complexity index is 414. The molecule has 0 aliphatic rings. The van der Waals surface area contributed by atoms with Gasteiger partial charge in [-0.3, -0.25) is 9.59 Å². The maximum atomic E-state index is 12.0. The van der Waals surface area contributed by atoms with Gasteiger partial charge >= 0.3 is 11.9 Å². The van der Waals surface area contributed by atoms with Crippen molar-refractivity contribution in [3.8, 4) is 0 Å². The SMILES string of the molecule is CCCCCCCCCCCCCCCCCCSC(CC(=O)OCC)C(=O)OCC. The lowest BCUT2D eigenvalue weighted by Gasteiger charge is -2.14. The molecule has 0 aromatic rings. The molecule has 4 nitrogen and oxygen atoms in total. The first-order chi connectivity index (χ1) is 15.2. The van der Waals surface area contributed by atoms with Gasteiger partial charge in [-0.15, -0.1) is 11.8 Å². The third-order valence-corrected chi connectivity index (χ3v) is 6.81. The summed E-state index contributed by atoms with van der Waals surface area (Å²) in [4.78, 5) is 23.7. The number of carbonyl (C=O) groups excluding carboxylic acids is 2. The van der Waals surface area contributed by atoms with Crippen LogP contribution in [0.4, 0.5) is 0 Å². The first kappa shape index (κ1) is 30.3. The molecule has 0 spiro atoms.